The lowest BCUT2D eigenvalue weighted by Gasteiger charge is -2.21. The van der Waals surface area contributed by atoms with Gasteiger partial charge in [0.25, 0.3) is 0 Å². The van der Waals surface area contributed by atoms with Crippen LogP contribution in [0.15, 0.2) is 36.5 Å². The molecule has 0 atom stereocenters. The third kappa shape index (κ3) is 3.94. The number of ether oxygens (including phenoxy) is 2. The van der Waals surface area contributed by atoms with E-state index in [4.69, 9.17) is 9.47 Å². The fraction of sp³-hybridized carbons (Fsp3) is 0.316. The van der Waals surface area contributed by atoms with Crippen LogP contribution in [0, 0.1) is 6.92 Å². The number of amides is 3. The molecule has 0 saturated carbocycles. The number of anilines is 2. The zero-order valence-electron chi connectivity index (χ0n) is 15.6. The minimum Gasteiger partial charge on any atom is -0.497 e. The van der Waals surface area contributed by atoms with Crippen molar-refractivity contribution < 1.29 is 19.1 Å². The third-order valence-corrected chi connectivity index (χ3v) is 4.37. The molecule has 3 amide bonds. The van der Waals surface area contributed by atoms with E-state index in [-0.39, 0.29) is 18.5 Å². The van der Waals surface area contributed by atoms with Crippen molar-refractivity contribution in [1.82, 2.24) is 9.88 Å². The lowest BCUT2D eigenvalue weighted by atomic mass is 10.2. The van der Waals surface area contributed by atoms with Crippen molar-refractivity contribution in [2.45, 2.75) is 6.92 Å². The first-order chi connectivity index (χ1) is 13.0. The lowest BCUT2D eigenvalue weighted by Crippen LogP contribution is -2.37. The first-order valence-corrected chi connectivity index (χ1v) is 8.53. The summed E-state index contributed by atoms with van der Waals surface area (Å²) in [7, 11) is 3.11. The van der Waals surface area contributed by atoms with E-state index < -0.39 is 0 Å². The monoisotopic (exact) mass is 370 g/mol. The molecule has 1 saturated heterocycles. The molecule has 3 rings (SSSR count). The highest BCUT2D eigenvalue weighted by molar-refractivity contribution is 6.00. The summed E-state index contributed by atoms with van der Waals surface area (Å²) in [6, 6.07) is 8.67. The number of benzene rings is 1. The highest BCUT2D eigenvalue weighted by atomic mass is 16.5. The molecule has 0 bridgehead atoms. The van der Waals surface area contributed by atoms with Crippen molar-refractivity contribution in [2.24, 2.45) is 0 Å². The molecule has 0 aliphatic carbocycles. The van der Waals surface area contributed by atoms with E-state index in [1.807, 2.05) is 13.0 Å². The second-order valence-corrected chi connectivity index (χ2v) is 6.11. The molecule has 8 nitrogen and oxygen atoms in total. The van der Waals surface area contributed by atoms with Gasteiger partial charge in [0.1, 0.15) is 23.9 Å². The van der Waals surface area contributed by atoms with Crippen molar-refractivity contribution in [2.75, 3.05) is 44.1 Å². The van der Waals surface area contributed by atoms with Crippen molar-refractivity contribution >= 4 is 23.4 Å². The van der Waals surface area contributed by atoms with Crippen molar-refractivity contribution in [3.05, 3.63) is 42.1 Å². The maximum absolute atomic E-state index is 12.8. The summed E-state index contributed by atoms with van der Waals surface area (Å²) in [5.41, 5.74) is 1.48. The number of hydrogen-bond donors (Lipinski definition) is 1. The number of rotatable bonds is 6. The van der Waals surface area contributed by atoms with Crippen LogP contribution < -0.4 is 19.7 Å². The maximum Gasteiger partial charge on any atom is 0.325 e. The largest absolute Gasteiger partial charge is 0.497 e. The van der Waals surface area contributed by atoms with E-state index in [0.717, 1.165) is 5.56 Å². The Labute approximate surface area is 157 Å². The van der Waals surface area contributed by atoms with Gasteiger partial charge in [0.05, 0.1) is 19.9 Å². The highest BCUT2D eigenvalue weighted by Crippen LogP contribution is 2.34. The van der Waals surface area contributed by atoms with Crippen molar-refractivity contribution in [1.29, 1.82) is 0 Å². The number of carbonyl (C=O) groups is 2. The van der Waals surface area contributed by atoms with Gasteiger partial charge in [-0.15, -0.1) is 0 Å². The molecule has 1 fully saturated rings. The van der Waals surface area contributed by atoms with Crippen LogP contribution in [-0.4, -0.2) is 55.7 Å². The van der Waals surface area contributed by atoms with E-state index in [1.54, 1.807) is 49.6 Å². The first-order valence-electron chi connectivity index (χ1n) is 8.53. The summed E-state index contributed by atoms with van der Waals surface area (Å²) < 4.78 is 10.6. The van der Waals surface area contributed by atoms with Gasteiger partial charge in [-0.05, 0) is 30.7 Å². The molecule has 8 heteroatoms. The molecule has 2 aromatic rings. The second kappa shape index (κ2) is 7.94. The number of hydrogen-bond acceptors (Lipinski definition) is 5. The lowest BCUT2D eigenvalue weighted by molar-refractivity contribution is -0.116. The van der Waals surface area contributed by atoms with E-state index in [9.17, 15) is 9.59 Å². The Morgan fingerprint density at radius 3 is 2.74 bits per heavy atom. The zero-order chi connectivity index (χ0) is 19.4. The quantitative estimate of drug-likeness (QED) is 0.843. The number of urea groups is 1. The molecule has 1 N–H and O–H groups in total. The number of carbonyl (C=O) groups excluding carboxylic acids is 2. The maximum atomic E-state index is 12.8. The smallest absolute Gasteiger partial charge is 0.325 e. The van der Waals surface area contributed by atoms with Gasteiger partial charge in [0, 0.05) is 25.4 Å². The summed E-state index contributed by atoms with van der Waals surface area (Å²) in [6.45, 7) is 2.71. The molecule has 27 heavy (non-hydrogen) atoms. The molecule has 0 spiro atoms. The number of nitrogens with one attached hydrogen (secondary N) is 1. The molecule has 1 aromatic carbocycles. The van der Waals surface area contributed by atoms with Crippen LogP contribution in [0.4, 0.5) is 16.3 Å². The molecule has 1 aliphatic rings. The Balaban J connectivity index is 1.70. The molecule has 1 aliphatic heterocycles. The van der Waals surface area contributed by atoms with E-state index in [1.165, 1.54) is 4.90 Å². The summed E-state index contributed by atoms with van der Waals surface area (Å²) in [6.07, 6.45) is 1.61. The van der Waals surface area contributed by atoms with Crippen LogP contribution in [0.1, 0.15) is 5.56 Å². The van der Waals surface area contributed by atoms with Gasteiger partial charge in [0.15, 0.2) is 0 Å². The molecular weight excluding hydrogens is 348 g/mol. The molecule has 142 valence electrons. The van der Waals surface area contributed by atoms with E-state index >= 15 is 0 Å². The van der Waals surface area contributed by atoms with Gasteiger partial charge in [0.2, 0.25) is 5.91 Å². The second-order valence-electron chi connectivity index (χ2n) is 6.11. The molecule has 0 unspecified atom stereocenters. The Bertz CT molecular complexity index is 855. The first kappa shape index (κ1) is 18.5. The predicted octanol–water partition coefficient (Wildman–Crippen LogP) is 2.29. The van der Waals surface area contributed by atoms with Gasteiger partial charge in [-0.25, -0.2) is 9.78 Å². The Hall–Kier alpha value is -3.29. The average molecular weight is 370 g/mol. The van der Waals surface area contributed by atoms with Gasteiger partial charge in [-0.3, -0.25) is 9.69 Å². The van der Waals surface area contributed by atoms with Gasteiger partial charge >= 0.3 is 6.03 Å². The molecule has 1 aromatic heterocycles. The van der Waals surface area contributed by atoms with E-state index in [0.29, 0.717) is 36.1 Å². The molecule has 0 radical (unpaired) electrons. The Morgan fingerprint density at radius 1 is 1.22 bits per heavy atom. The minimum absolute atomic E-state index is 0.0440. The zero-order valence-corrected chi connectivity index (χ0v) is 15.6. The normalized spacial score (nSPS) is 13.7. The number of nitrogens with zero attached hydrogens (tertiary/aromatic N) is 3. The highest BCUT2D eigenvalue weighted by Gasteiger charge is 2.32. The fourth-order valence-electron chi connectivity index (χ4n) is 2.92. The van der Waals surface area contributed by atoms with Crippen LogP contribution in [-0.2, 0) is 4.79 Å². The number of aryl methyl sites for hydroxylation is 1. The Kier molecular flexibility index (Phi) is 5.44. The Morgan fingerprint density at radius 2 is 2.04 bits per heavy atom. The van der Waals surface area contributed by atoms with Gasteiger partial charge < -0.3 is 19.7 Å². The fourth-order valence-corrected chi connectivity index (χ4v) is 2.92. The van der Waals surface area contributed by atoms with Crippen LogP contribution in [0.3, 0.4) is 0 Å². The van der Waals surface area contributed by atoms with Gasteiger partial charge in [-0.2, -0.15) is 0 Å². The van der Waals surface area contributed by atoms with Crippen molar-refractivity contribution in [3.8, 4) is 11.5 Å². The number of methoxy groups -OCH3 is 2. The summed E-state index contributed by atoms with van der Waals surface area (Å²) in [5, 5.41) is 2.75. The minimum atomic E-state index is -0.287. The number of pyridine rings is 1. The van der Waals surface area contributed by atoms with Crippen molar-refractivity contribution in [3.63, 3.8) is 0 Å². The van der Waals surface area contributed by atoms with Crippen LogP contribution in [0.2, 0.25) is 0 Å². The number of aromatic nitrogens is 1. The predicted molar refractivity (Wildman–Crippen MR) is 101 cm³/mol. The average Bonchev–Trinajstić information content (AvgIpc) is 3.03. The van der Waals surface area contributed by atoms with E-state index in [2.05, 4.69) is 10.3 Å². The van der Waals surface area contributed by atoms with Crippen LogP contribution in [0.5, 0.6) is 11.5 Å². The standard InChI is InChI=1S/C19H22N4O4/c1-13-5-4-8-20-18(13)21-17(24)12-22-9-10-23(19(22)25)15-11-14(26-2)6-7-16(15)27-3/h4-8,11H,9-10,12H2,1-3H3,(H,20,21,24). The summed E-state index contributed by atoms with van der Waals surface area (Å²) in [4.78, 5) is 32.3. The molecular formula is C19H22N4O4. The summed E-state index contributed by atoms with van der Waals surface area (Å²) in [5.74, 6) is 1.41. The summed E-state index contributed by atoms with van der Waals surface area (Å²) >= 11 is 0. The topological polar surface area (TPSA) is 84.0 Å². The molecule has 2 heterocycles. The SMILES string of the molecule is COc1ccc(OC)c(N2CCN(CC(=O)Nc3ncccc3C)C2=O)c1. The van der Waals surface area contributed by atoms with Gasteiger partial charge in [-0.1, -0.05) is 6.07 Å². The van der Waals surface area contributed by atoms with Crippen LogP contribution >= 0.6 is 0 Å². The third-order valence-electron chi connectivity index (χ3n) is 4.37. The van der Waals surface area contributed by atoms with Crippen LogP contribution in [0.25, 0.3) is 0 Å².